The van der Waals surface area contributed by atoms with Crippen molar-refractivity contribution in [2.75, 3.05) is 12.8 Å². The number of hydrogen-bond donors (Lipinski definition) is 1. The minimum absolute atomic E-state index is 0.139. The Morgan fingerprint density at radius 3 is 2.24 bits per heavy atom. The molecule has 0 aliphatic carbocycles. The van der Waals surface area contributed by atoms with Crippen LogP contribution in [0.2, 0.25) is 0 Å². The van der Waals surface area contributed by atoms with E-state index < -0.39 is 0 Å². The van der Waals surface area contributed by atoms with Crippen LogP contribution in [0.4, 0.5) is 5.69 Å². The highest BCUT2D eigenvalue weighted by molar-refractivity contribution is 6.21. The van der Waals surface area contributed by atoms with E-state index in [1.54, 1.807) is 42.5 Å². The topological polar surface area (TPSA) is 72.6 Å². The monoisotopic (exact) mass is 282 g/mol. The quantitative estimate of drug-likeness (QED) is 0.691. The van der Waals surface area contributed by atoms with E-state index >= 15 is 0 Å². The molecule has 2 aromatic rings. The first-order chi connectivity index (χ1) is 10.1. The van der Waals surface area contributed by atoms with Gasteiger partial charge in [0.15, 0.2) is 0 Å². The van der Waals surface area contributed by atoms with Crippen LogP contribution in [0.5, 0.6) is 5.75 Å². The summed E-state index contributed by atoms with van der Waals surface area (Å²) in [6.45, 7) is 0.139. The molecule has 2 aromatic carbocycles. The number of carbonyl (C=O) groups is 2. The van der Waals surface area contributed by atoms with E-state index in [-0.39, 0.29) is 18.4 Å². The van der Waals surface area contributed by atoms with Gasteiger partial charge in [-0.1, -0.05) is 12.1 Å². The Balaban J connectivity index is 1.96. The number of rotatable bonds is 3. The third-order valence-electron chi connectivity index (χ3n) is 3.51. The molecule has 106 valence electrons. The number of nitrogen functional groups attached to an aromatic ring is 1. The highest BCUT2D eigenvalue weighted by Crippen LogP contribution is 2.28. The molecule has 0 saturated heterocycles. The molecule has 1 aliphatic heterocycles. The minimum Gasteiger partial charge on any atom is -0.496 e. The van der Waals surface area contributed by atoms with Crippen LogP contribution in [0.15, 0.2) is 42.5 Å². The zero-order chi connectivity index (χ0) is 15.0. The van der Waals surface area contributed by atoms with Gasteiger partial charge in [0.05, 0.1) is 24.8 Å². The van der Waals surface area contributed by atoms with Crippen LogP contribution >= 0.6 is 0 Å². The summed E-state index contributed by atoms with van der Waals surface area (Å²) in [6.07, 6.45) is 0. The zero-order valence-corrected chi connectivity index (χ0v) is 11.5. The van der Waals surface area contributed by atoms with Crippen LogP contribution in [-0.2, 0) is 6.54 Å². The SMILES string of the molecule is COc1ccc(N)cc1CN1C(=O)c2ccccc2C1=O. The van der Waals surface area contributed by atoms with Crippen molar-refractivity contribution in [3.8, 4) is 5.75 Å². The van der Waals surface area contributed by atoms with Crippen LogP contribution in [-0.4, -0.2) is 23.8 Å². The van der Waals surface area contributed by atoms with Gasteiger partial charge in [-0.3, -0.25) is 14.5 Å². The maximum absolute atomic E-state index is 12.3. The van der Waals surface area contributed by atoms with Gasteiger partial charge in [0.25, 0.3) is 11.8 Å². The Morgan fingerprint density at radius 1 is 1.05 bits per heavy atom. The largest absolute Gasteiger partial charge is 0.496 e. The summed E-state index contributed by atoms with van der Waals surface area (Å²) < 4.78 is 5.25. The number of carbonyl (C=O) groups excluding carboxylic acids is 2. The Bertz CT molecular complexity index is 705. The second kappa shape index (κ2) is 4.94. The molecule has 1 heterocycles. The third kappa shape index (κ3) is 2.12. The van der Waals surface area contributed by atoms with E-state index in [1.807, 2.05) is 0 Å². The van der Waals surface area contributed by atoms with Crippen molar-refractivity contribution in [2.45, 2.75) is 6.54 Å². The predicted octanol–water partition coefficient (Wildman–Crippen LogP) is 2.07. The summed E-state index contributed by atoms with van der Waals surface area (Å²) in [5, 5.41) is 0. The summed E-state index contributed by atoms with van der Waals surface area (Å²) in [7, 11) is 1.54. The van der Waals surface area contributed by atoms with E-state index in [2.05, 4.69) is 0 Å². The molecule has 5 heteroatoms. The second-order valence-corrected chi connectivity index (χ2v) is 4.81. The number of amides is 2. The van der Waals surface area contributed by atoms with Crippen LogP contribution in [0, 0.1) is 0 Å². The van der Waals surface area contributed by atoms with Crippen molar-refractivity contribution in [3.05, 3.63) is 59.2 Å². The molecule has 5 nitrogen and oxygen atoms in total. The number of benzene rings is 2. The number of fused-ring (bicyclic) bond motifs is 1. The molecule has 0 fully saturated rings. The van der Waals surface area contributed by atoms with Crippen LogP contribution in [0.1, 0.15) is 26.3 Å². The summed E-state index contributed by atoms with van der Waals surface area (Å²) in [6, 6.07) is 12.0. The highest BCUT2D eigenvalue weighted by atomic mass is 16.5. The standard InChI is InChI=1S/C16H14N2O3/c1-21-14-7-6-11(17)8-10(14)9-18-15(19)12-4-2-3-5-13(12)16(18)20/h2-8H,9,17H2,1H3. The predicted molar refractivity (Wildman–Crippen MR) is 78.1 cm³/mol. The first kappa shape index (κ1) is 13.2. The van der Waals surface area contributed by atoms with Crippen LogP contribution in [0.3, 0.4) is 0 Å². The molecule has 0 radical (unpaired) electrons. The zero-order valence-electron chi connectivity index (χ0n) is 11.5. The summed E-state index contributed by atoms with van der Waals surface area (Å²) in [5.74, 6) is 0.0147. The van der Waals surface area contributed by atoms with E-state index in [1.165, 1.54) is 12.0 Å². The number of methoxy groups -OCH3 is 1. The van der Waals surface area contributed by atoms with Crippen molar-refractivity contribution < 1.29 is 14.3 Å². The van der Waals surface area contributed by atoms with E-state index in [9.17, 15) is 9.59 Å². The van der Waals surface area contributed by atoms with Crippen molar-refractivity contribution in [1.82, 2.24) is 4.90 Å². The maximum Gasteiger partial charge on any atom is 0.261 e. The van der Waals surface area contributed by atoms with Gasteiger partial charge in [0, 0.05) is 11.3 Å². The lowest BCUT2D eigenvalue weighted by molar-refractivity contribution is 0.0641. The molecule has 0 saturated carbocycles. The summed E-state index contributed by atoms with van der Waals surface area (Å²) in [5.41, 5.74) is 7.90. The molecule has 0 aromatic heterocycles. The fourth-order valence-corrected chi connectivity index (χ4v) is 2.48. The van der Waals surface area contributed by atoms with E-state index in [4.69, 9.17) is 10.5 Å². The molecular formula is C16H14N2O3. The summed E-state index contributed by atoms with van der Waals surface area (Å²) in [4.78, 5) is 25.9. The van der Waals surface area contributed by atoms with E-state index in [0.717, 1.165) is 0 Å². The third-order valence-corrected chi connectivity index (χ3v) is 3.51. The molecule has 1 aliphatic rings. The van der Waals surface area contributed by atoms with Gasteiger partial charge in [-0.25, -0.2) is 0 Å². The molecule has 21 heavy (non-hydrogen) atoms. The lowest BCUT2D eigenvalue weighted by Gasteiger charge is -2.16. The van der Waals surface area contributed by atoms with Gasteiger partial charge in [-0.15, -0.1) is 0 Å². The lowest BCUT2D eigenvalue weighted by Crippen LogP contribution is -2.29. The normalized spacial score (nSPS) is 13.5. The average Bonchev–Trinajstić information content (AvgIpc) is 2.73. The molecule has 2 amide bonds. The fourth-order valence-electron chi connectivity index (χ4n) is 2.48. The number of nitrogens with zero attached hydrogens (tertiary/aromatic N) is 1. The van der Waals surface area contributed by atoms with Gasteiger partial charge < -0.3 is 10.5 Å². The van der Waals surface area contributed by atoms with Gasteiger partial charge in [0.2, 0.25) is 0 Å². The second-order valence-electron chi connectivity index (χ2n) is 4.81. The number of nitrogens with two attached hydrogens (primary N) is 1. The van der Waals surface area contributed by atoms with Crippen molar-refractivity contribution in [3.63, 3.8) is 0 Å². The minimum atomic E-state index is -0.292. The number of ether oxygens (including phenoxy) is 1. The molecule has 0 bridgehead atoms. The smallest absolute Gasteiger partial charge is 0.261 e. The Hall–Kier alpha value is -2.82. The first-order valence-corrected chi connectivity index (χ1v) is 6.49. The molecule has 2 N–H and O–H groups in total. The number of hydrogen-bond acceptors (Lipinski definition) is 4. The highest BCUT2D eigenvalue weighted by Gasteiger charge is 2.35. The molecule has 0 atom stereocenters. The van der Waals surface area contributed by atoms with Crippen molar-refractivity contribution >= 4 is 17.5 Å². The molecular weight excluding hydrogens is 268 g/mol. The van der Waals surface area contributed by atoms with E-state index in [0.29, 0.717) is 28.1 Å². The molecule has 0 unspecified atom stereocenters. The average molecular weight is 282 g/mol. The number of imide groups is 1. The Morgan fingerprint density at radius 2 is 1.67 bits per heavy atom. The van der Waals surface area contributed by atoms with Crippen molar-refractivity contribution in [1.29, 1.82) is 0 Å². The first-order valence-electron chi connectivity index (χ1n) is 6.49. The van der Waals surface area contributed by atoms with Gasteiger partial charge in [0.1, 0.15) is 5.75 Å². The van der Waals surface area contributed by atoms with Crippen molar-refractivity contribution in [2.24, 2.45) is 0 Å². The fraction of sp³-hybridized carbons (Fsp3) is 0.125. The lowest BCUT2D eigenvalue weighted by atomic mass is 10.1. The van der Waals surface area contributed by atoms with Crippen LogP contribution in [0.25, 0.3) is 0 Å². The van der Waals surface area contributed by atoms with Gasteiger partial charge in [-0.05, 0) is 30.3 Å². The Kier molecular flexibility index (Phi) is 3.10. The van der Waals surface area contributed by atoms with Gasteiger partial charge >= 0.3 is 0 Å². The number of anilines is 1. The van der Waals surface area contributed by atoms with Gasteiger partial charge in [-0.2, -0.15) is 0 Å². The molecule has 3 rings (SSSR count). The summed E-state index contributed by atoms with van der Waals surface area (Å²) >= 11 is 0. The Labute approximate surface area is 121 Å². The molecule has 0 spiro atoms. The maximum atomic E-state index is 12.3. The van der Waals surface area contributed by atoms with Crippen LogP contribution < -0.4 is 10.5 Å².